The van der Waals surface area contributed by atoms with Crippen LogP contribution >= 0.6 is 0 Å². The maximum absolute atomic E-state index is 6.45. The topological polar surface area (TPSA) is 18.1 Å². The maximum atomic E-state index is 6.45. The van der Waals surface area contributed by atoms with Gasteiger partial charge < -0.3 is 8.98 Å². The Hall–Kier alpha value is -6.12. The maximum Gasteiger partial charge on any atom is 0.143 e. The second-order valence-corrected chi connectivity index (χ2v) is 12.4. The summed E-state index contributed by atoms with van der Waals surface area (Å²) in [6.07, 6.45) is 0. The van der Waals surface area contributed by atoms with Crippen molar-refractivity contribution in [1.82, 2.24) is 4.57 Å². The molecule has 46 heavy (non-hydrogen) atoms. The van der Waals surface area contributed by atoms with Gasteiger partial charge in [-0.3, -0.25) is 0 Å². The highest BCUT2D eigenvalue weighted by molar-refractivity contribution is 6.26. The average Bonchev–Trinajstić information content (AvgIpc) is 3.77. The first-order chi connectivity index (χ1) is 22.8. The van der Waals surface area contributed by atoms with E-state index in [2.05, 4.69) is 150 Å². The molecule has 0 atom stereocenters. The highest BCUT2D eigenvalue weighted by atomic mass is 16.3. The minimum absolute atomic E-state index is 0.927. The third kappa shape index (κ3) is 3.05. The first-order valence-corrected chi connectivity index (χ1v) is 15.9. The van der Waals surface area contributed by atoms with Gasteiger partial charge in [-0.1, -0.05) is 109 Å². The normalized spacial score (nSPS) is 12.3. The van der Waals surface area contributed by atoms with Crippen LogP contribution in [0, 0.1) is 0 Å². The fraction of sp³-hybridized carbons (Fsp3) is 0. The Kier molecular flexibility index (Phi) is 4.61. The first-order valence-electron chi connectivity index (χ1n) is 15.9. The van der Waals surface area contributed by atoms with E-state index < -0.39 is 0 Å². The molecule has 2 nitrogen and oxygen atoms in total. The summed E-state index contributed by atoms with van der Waals surface area (Å²) in [4.78, 5) is 0. The van der Waals surface area contributed by atoms with E-state index in [-0.39, 0.29) is 0 Å². The van der Waals surface area contributed by atoms with Crippen LogP contribution < -0.4 is 0 Å². The Morgan fingerprint density at radius 3 is 1.93 bits per heavy atom. The molecule has 0 amide bonds. The highest BCUT2D eigenvalue weighted by Gasteiger charge is 2.23. The van der Waals surface area contributed by atoms with Gasteiger partial charge in [-0.25, -0.2) is 0 Å². The first kappa shape index (κ1) is 24.2. The number of para-hydroxylation sites is 2. The molecule has 2 aromatic heterocycles. The summed E-state index contributed by atoms with van der Waals surface area (Å²) in [6.45, 7) is 0. The number of hydrogen-bond donors (Lipinski definition) is 0. The molecule has 0 bridgehead atoms. The summed E-state index contributed by atoms with van der Waals surface area (Å²) in [5.41, 5.74) is 13.2. The van der Waals surface area contributed by atoms with Crippen molar-refractivity contribution in [2.24, 2.45) is 0 Å². The molecule has 0 aliphatic heterocycles. The second-order valence-electron chi connectivity index (χ2n) is 12.4. The van der Waals surface area contributed by atoms with Gasteiger partial charge in [-0.15, -0.1) is 0 Å². The van der Waals surface area contributed by atoms with Crippen LogP contribution in [-0.4, -0.2) is 4.57 Å². The Morgan fingerprint density at radius 1 is 0.370 bits per heavy atom. The van der Waals surface area contributed by atoms with E-state index in [1.807, 2.05) is 6.07 Å². The van der Waals surface area contributed by atoms with Gasteiger partial charge in [0.15, 0.2) is 0 Å². The Bertz CT molecular complexity index is 2890. The zero-order valence-corrected chi connectivity index (χ0v) is 24.8. The van der Waals surface area contributed by atoms with Gasteiger partial charge in [0.1, 0.15) is 11.2 Å². The van der Waals surface area contributed by atoms with Crippen LogP contribution in [0.15, 0.2) is 156 Å². The van der Waals surface area contributed by atoms with E-state index in [1.54, 1.807) is 0 Å². The molecule has 2 heterocycles. The van der Waals surface area contributed by atoms with Crippen molar-refractivity contribution in [3.05, 3.63) is 152 Å². The van der Waals surface area contributed by atoms with E-state index in [0.717, 1.165) is 33.0 Å². The van der Waals surface area contributed by atoms with E-state index in [0.29, 0.717) is 0 Å². The molecule has 0 fully saturated rings. The fourth-order valence-corrected chi connectivity index (χ4v) is 8.21. The predicted molar refractivity (Wildman–Crippen MR) is 193 cm³/mol. The van der Waals surface area contributed by atoms with E-state index >= 15 is 0 Å². The quantitative estimate of drug-likeness (QED) is 0.198. The summed E-state index contributed by atoms with van der Waals surface area (Å²) >= 11 is 0. The van der Waals surface area contributed by atoms with Gasteiger partial charge in [-0.2, -0.15) is 0 Å². The molecule has 0 saturated carbocycles. The highest BCUT2D eigenvalue weighted by Crippen LogP contribution is 2.49. The lowest BCUT2D eigenvalue weighted by atomic mass is 9.94. The second kappa shape index (κ2) is 8.74. The van der Waals surface area contributed by atoms with Crippen LogP contribution in [-0.2, 0) is 0 Å². The SMILES string of the molecule is c1cc(-c2ccc3c4c(cccc24)-c2ccccc2-3)cc(-n2c3ccccc3c3c4ccc5c6ccccc6oc5c4ccc32)c1. The van der Waals surface area contributed by atoms with Gasteiger partial charge in [0.05, 0.1) is 11.0 Å². The van der Waals surface area contributed by atoms with Crippen molar-refractivity contribution in [3.8, 4) is 39.1 Å². The molecule has 1 aliphatic carbocycles. The summed E-state index contributed by atoms with van der Waals surface area (Å²) in [7, 11) is 0. The van der Waals surface area contributed by atoms with Gasteiger partial charge in [0, 0.05) is 32.6 Å². The Morgan fingerprint density at radius 2 is 1.02 bits per heavy atom. The van der Waals surface area contributed by atoms with Gasteiger partial charge in [-0.05, 0) is 92.0 Å². The summed E-state index contributed by atoms with van der Waals surface area (Å²) in [6, 6.07) is 55.3. The molecule has 1 aliphatic rings. The van der Waals surface area contributed by atoms with Crippen molar-refractivity contribution in [2.75, 3.05) is 0 Å². The predicted octanol–water partition coefficient (Wildman–Crippen LogP) is 12.3. The van der Waals surface area contributed by atoms with Crippen LogP contribution in [0.5, 0.6) is 0 Å². The number of benzene rings is 8. The van der Waals surface area contributed by atoms with Crippen molar-refractivity contribution >= 4 is 65.3 Å². The molecule has 0 radical (unpaired) electrons. The molecule has 8 aromatic carbocycles. The van der Waals surface area contributed by atoms with Gasteiger partial charge in [0.25, 0.3) is 0 Å². The minimum atomic E-state index is 0.927. The molecule has 2 heteroatoms. The van der Waals surface area contributed by atoms with E-state index in [1.165, 1.54) is 71.3 Å². The molecule has 0 spiro atoms. The number of fused-ring (bicyclic) bond motifs is 12. The van der Waals surface area contributed by atoms with Gasteiger partial charge >= 0.3 is 0 Å². The van der Waals surface area contributed by atoms with Crippen LogP contribution in [0.25, 0.3) is 104 Å². The van der Waals surface area contributed by atoms with Crippen molar-refractivity contribution in [2.45, 2.75) is 0 Å². The Labute approximate surface area is 264 Å². The lowest BCUT2D eigenvalue weighted by molar-refractivity contribution is 0.672. The number of aromatic nitrogens is 1. The zero-order valence-electron chi connectivity index (χ0n) is 24.8. The minimum Gasteiger partial charge on any atom is -0.455 e. The number of rotatable bonds is 2. The van der Waals surface area contributed by atoms with Crippen LogP contribution in [0.1, 0.15) is 0 Å². The van der Waals surface area contributed by atoms with Crippen LogP contribution in [0.2, 0.25) is 0 Å². The molecule has 0 N–H and O–H groups in total. The number of nitrogens with zero attached hydrogens (tertiary/aromatic N) is 1. The standard InChI is InChI=1S/C44H25NO/c1-2-12-30-29(11-1)33-16-8-15-32-28(19-20-34(30)42(32)33)26-9-7-10-27(25-26)45-39-17-5-3-14-38(39)43-35-21-22-36-31-13-4-6-18-41(31)46-44(36)37(35)23-24-40(43)45/h1-25H. The van der Waals surface area contributed by atoms with Crippen LogP contribution in [0.4, 0.5) is 0 Å². The third-order valence-electron chi connectivity index (χ3n) is 10.1. The van der Waals surface area contributed by atoms with E-state index in [9.17, 15) is 0 Å². The molecular formula is C44H25NO. The molecular weight excluding hydrogens is 558 g/mol. The monoisotopic (exact) mass is 583 g/mol. The third-order valence-corrected chi connectivity index (χ3v) is 10.1. The summed E-state index contributed by atoms with van der Waals surface area (Å²) in [5.74, 6) is 0. The molecule has 212 valence electrons. The lowest BCUT2D eigenvalue weighted by Gasteiger charge is -2.13. The lowest BCUT2D eigenvalue weighted by Crippen LogP contribution is -1.94. The molecule has 11 rings (SSSR count). The molecule has 0 saturated heterocycles. The Balaban J connectivity index is 1.16. The molecule has 0 unspecified atom stereocenters. The zero-order chi connectivity index (χ0) is 29.9. The van der Waals surface area contributed by atoms with Crippen LogP contribution in [0.3, 0.4) is 0 Å². The summed E-state index contributed by atoms with van der Waals surface area (Å²) in [5, 5.41) is 9.82. The summed E-state index contributed by atoms with van der Waals surface area (Å²) < 4.78 is 8.88. The largest absolute Gasteiger partial charge is 0.455 e. The van der Waals surface area contributed by atoms with Gasteiger partial charge in [0.2, 0.25) is 0 Å². The smallest absolute Gasteiger partial charge is 0.143 e. The van der Waals surface area contributed by atoms with E-state index in [4.69, 9.17) is 4.42 Å². The molecule has 10 aromatic rings. The van der Waals surface area contributed by atoms with Crippen molar-refractivity contribution in [3.63, 3.8) is 0 Å². The average molecular weight is 584 g/mol. The number of hydrogen-bond acceptors (Lipinski definition) is 1. The van der Waals surface area contributed by atoms with Crippen molar-refractivity contribution < 1.29 is 4.42 Å². The fourth-order valence-electron chi connectivity index (χ4n) is 8.21. The van der Waals surface area contributed by atoms with Crippen molar-refractivity contribution in [1.29, 1.82) is 0 Å². The number of furan rings is 1.